The third kappa shape index (κ3) is 4.32. The molecule has 0 aliphatic heterocycles. The monoisotopic (exact) mass is 367 g/mol. The summed E-state index contributed by atoms with van der Waals surface area (Å²) in [7, 11) is 0. The molecule has 0 aliphatic rings. The molecule has 2 heterocycles. The van der Waals surface area contributed by atoms with Gasteiger partial charge in [-0.25, -0.2) is 9.97 Å². The lowest BCUT2D eigenvalue weighted by Gasteiger charge is -2.13. The number of aromatic nitrogens is 3. The molecule has 0 saturated heterocycles. The van der Waals surface area contributed by atoms with Gasteiger partial charge in [-0.15, -0.1) is 0 Å². The van der Waals surface area contributed by atoms with Crippen molar-refractivity contribution in [2.24, 2.45) is 0 Å². The molecule has 4 rings (SSSR count). The maximum absolute atomic E-state index is 4.72. The second kappa shape index (κ2) is 8.31. The summed E-state index contributed by atoms with van der Waals surface area (Å²) in [5, 5.41) is 6.81. The van der Waals surface area contributed by atoms with Crippen molar-refractivity contribution < 1.29 is 0 Å². The first-order chi connectivity index (χ1) is 13.8. The lowest BCUT2D eigenvalue weighted by atomic mass is 10.2. The van der Waals surface area contributed by atoms with Crippen LogP contribution in [-0.2, 0) is 6.54 Å². The molecule has 0 atom stereocenters. The van der Waals surface area contributed by atoms with Crippen LogP contribution in [0.25, 0.3) is 11.4 Å². The van der Waals surface area contributed by atoms with Crippen molar-refractivity contribution in [3.05, 3.63) is 96.3 Å². The Kier molecular flexibility index (Phi) is 5.24. The van der Waals surface area contributed by atoms with Gasteiger partial charge in [0.1, 0.15) is 11.6 Å². The van der Waals surface area contributed by atoms with Gasteiger partial charge in [-0.2, -0.15) is 0 Å². The minimum absolute atomic E-state index is 0.664. The van der Waals surface area contributed by atoms with E-state index in [0.29, 0.717) is 12.4 Å². The summed E-state index contributed by atoms with van der Waals surface area (Å²) in [6.07, 6.45) is 3.58. The topological polar surface area (TPSA) is 62.7 Å². The Balaban J connectivity index is 1.65. The van der Waals surface area contributed by atoms with Gasteiger partial charge in [0.25, 0.3) is 0 Å². The van der Waals surface area contributed by atoms with Gasteiger partial charge in [-0.05, 0) is 36.2 Å². The number of para-hydroxylation sites is 1. The molecular formula is C23H21N5. The van der Waals surface area contributed by atoms with E-state index in [1.54, 1.807) is 12.4 Å². The maximum atomic E-state index is 4.72. The largest absolute Gasteiger partial charge is 0.366 e. The standard InChI is InChI=1S/C23H21N5/c1-17-7-5-6-10-20(17)26-22-15-21(25-16-18-11-13-24-14-12-18)27-23(28-22)19-8-3-2-4-9-19/h2-15H,16H2,1H3,(H2,25,26,27,28). The number of hydrogen-bond donors (Lipinski definition) is 2. The molecule has 0 radical (unpaired) electrons. The van der Waals surface area contributed by atoms with Gasteiger partial charge in [-0.3, -0.25) is 4.98 Å². The van der Waals surface area contributed by atoms with Crippen molar-refractivity contribution in [3.8, 4) is 11.4 Å². The molecule has 0 aliphatic carbocycles. The molecule has 0 fully saturated rings. The number of benzene rings is 2. The van der Waals surface area contributed by atoms with Crippen LogP contribution in [-0.4, -0.2) is 15.0 Å². The maximum Gasteiger partial charge on any atom is 0.163 e. The lowest BCUT2D eigenvalue weighted by molar-refractivity contribution is 1.08. The SMILES string of the molecule is Cc1ccccc1Nc1cc(NCc2ccncc2)nc(-c2ccccc2)n1. The van der Waals surface area contributed by atoms with Gasteiger partial charge < -0.3 is 10.6 Å². The van der Waals surface area contributed by atoms with Crippen LogP contribution in [0.2, 0.25) is 0 Å². The molecule has 0 bridgehead atoms. The second-order valence-electron chi connectivity index (χ2n) is 6.48. The molecule has 138 valence electrons. The van der Waals surface area contributed by atoms with E-state index < -0.39 is 0 Å². The minimum Gasteiger partial charge on any atom is -0.366 e. The Hall–Kier alpha value is -3.73. The van der Waals surface area contributed by atoms with Gasteiger partial charge >= 0.3 is 0 Å². The Morgan fingerprint density at radius 1 is 0.786 bits per heavy atom. The highest BCUT2D eigenvalue weighted by Crippen LogP contribution is 2.24. The van der Waals surface area contributed by atoms with E-state index in [1.807, 2.05) is 66.7 Å². The molecule has 0 spiro atoms. The highest BCUT2D eigenvalue weighted by molar-refractivity contribution is 5.66. The van der Waals surface area contributed by atoms with E-state index in [0.717, 1.165) is 34.0 Å². The Morgan fingerprint density at radius 3 is 2.29 bits per heavy atom. The van der Waals surface area contributed by atoms with E-state index in [4.69, 9.17) is 9.97 Å². The normalized spacial score (nSPS) is 10.5. The summed E-state index contributed by atoms with van der Waals surface area (Å²) in [5.74, 6) is 2.19. The minimum atomic E-state index is 0.664. The predicted molar refractivity (Wildman–Crippen MR) is 113 cm³/mol. The van der Waals surface area contributed by atoms with Crippen LogP contribution < -0.4 is 10.6 Å². The average Bonchev–Trinajstić information content (AvgIpc) is 2.75. The Morgan fingerprint density at radius 2 is 1.50 bits per heavy atom. The summed E-state index contributed by atoms with van der Waals surface area (Å²) in [6.45, 7) is 2.74. The fourth-order valence-electron chi connectivity index (χ4n) is 2.86. The van der Waals surface area contributed by atoms with Crippen molar-refractivity contribution in [2.45, 2.75) is 13.5 Å². The first-order valence-corrected chi connectivity index (χ1v) is 9.18. The highest BCUT2D eigenvalue weighted by Gasteiger charge is 2.08. The zero-order chi connectivity index (χ0) is 19.2. The quantitative estimate of drug-likeness (QED) is 0.490. The zero-order valence-corrected chi connectivity index (χ0v) is 15.6. The predicted octanol–water partition coefficient (Wildman–Crippen LogP) is 5.20. The smallest absolute Gasteiger partial charge is 0.163 e. The summed E-state index contributed by atoms with van der Waals surface area (Å²) >= 11 is 0. The number of hydrogen-bond acceptors (Lipinski definition) is 5. The average molecular weight is 367 g/mol. The van der Waals surface area contributed by atoms with Gasteiger partial charge in [0, 0.05) is 36.3 Å². The molecule has 0 saturated carbocycles. The van der Waals surface area contributed by atoms with Gasteiger partial charge in [0.2, 0.25) is 0 Å². The van der Waals surface area contributed by atoms with Crippen LogP contribution in [0.5, 0.6) is 0 Å². The van der Waals surface area contributed by atoms with Crippen LogP contribution in [0.1, 0.15) is 11.1 Å². The molecule has 4 aromatic rings. The lowest BCUT2D eigenvalue weighted by Crippen LogP contribution is -2.05. The van der Waals surface area contributed by atoms with Crippen molar-refractivity contribution in [1.29, 1.82) is 0 Å². The van der Waals surface area contributed by atoms with Crippen LogP contribution in [0.4, 0.5) is 17.3 Å². The van der Waals surface area contributed by atoms with Gasteiger partial charge in [0.15, 0.2) is 5.82 Å². The number of pyridine rings is 1. The van der Waals surface area contributed by atoms with Crippen LogP contribution >= 0.6 is 0 Å². The molecule has 0 amide bonds. The van der Waals surface area contributed by atoms with Crippen molar-refractivity contribution >= 4 is 17.3 Å². The number of anilines is 3. The molecule has 2 N–H and O–H groups in total. The van der Waals surface area contributed by atoms with E-state index in [1.165, 1.54) is 0 Å². The summed E-state index contributed by atoms with van der Waals surface area (Å²) in [5.41, 5.74) is 4.31. The fraction of sp³-hybridized carbons (Fsp3) is 0.0870. The molecular weight excluding hydrogens is 346 g/mol. The first-order valence-electron chi connectivity index (χ1n) is 9.18. The Labute approximate surface area is 164 Å². The summed E-state index contributed by atoms with van der Waals surface area (Å²) in [4.78, 5) is 13.5. The zero-order valence-electron chi connectivity index (χ0n) is 15.6. The molecule has 28 heavy (non-hydrogen) atoms. The summed E-state index contributed by atoms with van der Waals surface area (Å²) < 4.78 is 0. The molecule has 2 aromatic carbocycles. The second-order valence-corrected chi connectivity index (χ2v) is 6.48. The molecule has 2 aromatic heterocycles. The van der Waals surface area contributed by atoms with E-state index in [2.05, 4.69) is 28.6 Å². The van der Waals surface area contributed by atoms with Crippen molar-refractivity contribution in [3.63, 3.8) is 0 Å². The van der Waals surface area contributed by atoms with E-state index >= 15 is 0 Å². The first kappa shape index (κ1) is 17.7. The van der Waals surface area contributed by atoms with Crippen LogP contribution in [0.15, 0.2) is 85.2 Å². The van der Waals surface area contributed by atoms with E-state index in [9.17, 15) is 0 Å². The van der Waals surface area contributed by atoms with Gasteiger partial charge in [-0.1, -0.05) is 48.5 Å². The van der Waals surface area contributed by atoms with Crippen molar-refractivity contribution in [1.82, 2.24) is 15.0 Å². The molecule has 5 nitrogen and oxygen atoms in total. The number of rotatable bonds is 6. The third-order valence-electron chi connectivity index (χ3n) is 4.39. The number of nitrogens with one attached hydrogen (secondary N) is 2. The fourth-order valence-corrected chi connectivity index (χ4v) is 2.86. The van der Waals surface area contributed by atoms with E-state index in [-0.39, 0.29) is 0 Å². The number of nitrogens with zero attached hydrogens (tertiary/aromatic N) is 3. The van der Waals surface area contributed by atoms with Crippen molar-refractivity contribution in [2.75, 3.05) is 10.6 Å². The van der Waals surface area contributed by atoms with Gasteiger partial charge in [0.05, 0.1) is 0 Å². The van der Waals surface area contributed by atoms with Crippen LogP contribution in [0, 0.1) is 6.92 Å². The third-order valence-corrected chi connectivity index (χ3v) is 4.39. The molecule has 0 unspecified atom stereocenters. The Bertz CT molecular complexity index is 1050. The van der Waals surface area contributed by atoms with Crippen LogP contribution in [0.3, 0.4) is 0 Å². The number of aryl methyl sites for hydroxylation is 1. The molecule has 5 heteroatoms. The highest BCUT2D eigenvalue weighted by atomic mass is 15.1. The summed E-state index contributed by atoms with van der Waals surface area (Å²) in [6, 6.07) is 24.1.